The maximum Gasteiger partial charge on any atom is 0.330 e. The summed E-state index contributed by atoms with van der Waals surface area (Å²) in [7, 11) is 1.21. The Balaban J connectivity index is 3.19. The lowest BCUT2D eigenvalue weighted by atomic mass is 9.84. The molecule has 0 heterocycles. The smallest absolute Gasteiger partial charge is 0.330 e. The van der Waals surface area contributed by atoms with Crippen LogP contribution in [-0.4, -0.2) is 13.1 Å². The molecule has 78 valence electrons. The van der Waals surface area contributed by atoms with Crippen LogP contribution in [0.3, 0.4) is 0 Å². The van der Waals surface area contributed by atoms with Gasteiger partial charge in [-0.3, -0.25) is 0 Å². The SMILES string of the molecule is COC(=O)C(C)(C#N)c1ccc(F)cc1. The van der Waals surface area contributed by atoms with E-state index in [1.807, 2.05) is 6.07 Å². The number of hydrogen-bond donors (Lipinski definition) is 0. The molecule has 4 heteroatoms. The first kappa shape index (κ1) is 11.2. The fourth-order valence-electron chi connectivity index (χ4n) is 1.22. The van der Waals surface area contributed by atoms with Crippen molar-refractivity contribution in [2.45, 2.75) is 12.3 Å². The van der Waals surface area contributed by atoms with Gasteiger partial charge in [0.25, 0.3) is 0 Å². The van der Waals surface area contributed by atoms with E-state index < -0.39 is 17.2 Å². The average Bonchev–Trinajstić information content (AvgIpc) is 2.27. The quantitative estimate of drug-likeness (QED) is 0.694. The molecule has 0 aromatic heterocycles. The molecule has 0 saturated heterocycles. The molecule has 1 aromatic rings. The van der Waals surface area contributed by atoms with E-state index in [0.717, 1.165) is 0 Å². The maximum atomic E-state index is 12.7. The number of halogens is 1. The van der Waals surface area contributed by atoms with Crippen LogP contribution in [-0.2, 0) is 14.9 Å². The van der Waals surface area contributed by atoms with E-state index >= 15 is 0 Å². The molecule has 0 fully saturated rings. The first-order chi connectivity index (χ1) is 7.04. The monoisotopic (exact) mass is 207 g/mol. The summed E-state index contributed by atoms with van der Waals surface area (Å²) in [5.41, 5.74) is -0.971. The Morgan fingerprint density at radius 3 is 2.40 bits per heavy atom. The van der Waals surface area contributed by atoms with Crippen LogP contribution in [0.5, 0.6) is 0 Å². The van der Waals surface area contributed by atoms with E-state index in [-0.39, 0.29) is 0 Å². The third kappa shape index (κ3) is 1.96. The van der Waals surface area contributed by atoms with Crippen LogP contribution in [0.4, 0.5) is 4.39 Å². The zero-order chi connectivity index (χ0) is 11.5. The molecule has 0 spiro atoms. The van der Waals surface area contributed by atoms with Gasteiger partial charge in [0, 0.05) is 0 Å². The lowest BCUT2D eigenvalue weighted by Crippen LogP contribution is -2.32. The van der Waals surface area contributed by atoms with Crippen LogP contribution < -0.4 is 0 Å². The second kappa shape index (κ2) is 4.09. The molecule has 1 aromatic carbocycles. The van der Waals surface area contributed by atoms with Gasteiger partial charge < -0.3 is 4.74 Å². The van der Waals surface area contributed by atoms with E-state index in [9.17, 15) is 9.18 Å². The summed E-state index contributed by atoms with van der Waals surface area (Å²) in [5, 5.41) is 8.96. The predicted molar refractivity (Wildman–Crippen MR) is 51.4 cm³/mol. The number of carbonyl (C=O) groups is 1. The van der Waals surface area contributed by atoms with Crippen LogP contribution >= 0.6 is 0 Å². The third-order valence-electron chi connectivity index (χ3n) is 2.24. The zero-order valence-electron chi connectivity index (χ0n) is 8.45. The molecule has 0 bridgehead atoms. The number of hydrogen-bond acceptors (Lipinski definition) is 3. The fraction of sp³-hybridized carbons (Fsp3) is 0.273. The van der Waals surface area contributed by atoms with Gasteiger partial charge in [0.15, 0.2) is 5.41 Å². The molecule has 0 aliphatic rings. The number of carbonyl (C=O) groups excluding carboxylic acids is 1. The van der Waals surface area contributed by atoms with Crippen LogP contribution in [0.25, 0.3) is 0 Å². The highest BCUT2D eigenvalue weighted by atomic mass is 19.1. The zero-order valence-corrected chi connectivity index (χ0v) is 8.45. The number of rotatable bonds is 2. The molecule has 0 amide bonds. The number of methoxy groups -OCH3 is 1. The molecular formula is C11H10FNO2. The Bertz CT molecular complexity index is 408. The largest absolute Gasteiger partial charge is 0.468 e. The average molecular weight is 207 g/mol. The van der Waals surface area contributed by atoms with Crippen LogP contribution in [0, 0.1) is 17.1 Å². The Morgan fingerprint density at radius 2 is 2.00 bits per heavy atom. The van der Waals surface area contributed by atoms with Gasteiger partial charge in [-0.15, -0.1) is 0 Å². The first-order valence-electron chi connectivity index (χ1n) is 4.30. The summed E-state index contributed by atoms with van der Waals surface area (Å²) < 4.78 is 17.2. The van der Waals surface area contributed by atoms with Crippen LogP contribution in [0.2, 0.25) is 0 Å². The molecule has 0 radical (unpaired) electrons. The number of esters is 1. The maximum absolute atomic E-state index is 12.7. The highest BCUT2D eigenvalue weighted by molar-refractivity contribution is 5.86. The van der Waals surface area contributed by atoms with E-state index in [2.05, 4.69) is 4.74 Å². The van der Waals surface area contributed by atoms with Crippen molar-refractivity contribution in [2.24, 2.45) is 0 Å². The summed E-state index contributed by atoms with van der Waals surface area (Å²) in [6.45, 7) is 1.44. The second-order valence-corrected chi connectivity index (χ2v) is 3.24. The van der Waals surface area contributed by atoms with Crippen molar-refractivity contribution < 1.29 is 13.9 Å². The van der Waals surface area contributed by atoms with Gasteiger partial charge in [-0.1, -0.05) is 12.1 Å². The molecule has 1 atom stereocenters. The van der Waals surface area contributed by atoms with Gasteiger partial charge in [0.1, 0.15) is 5.82 Å². The minimum atomic E-state index is -1.39. The molecule has 0 aliphatic carbocycles. The van der Waals surface area contributed by atoms with Crippen LogP contribution in [0.15, 0.2) is 24.3 Å². The minimum absolute atomic E-state index is 0.413. The number of benzene rings is 1. The first-order valence-corrected chi connectivity index (χ1v) is 4.30. The summed E-state index contributed by atoms with van der Waals surface area (Å²) in [6, 6.07) is 7.07. The summed E-state index contributed by atoms with van der Waals surface area (Å²) in [4.78, 5) is 11.4. The van der Waals surface area contributed by atoms with Crippen molar-refractivity contribution in [3.05, 3.63) is 35.6 Å². The fourth-order valence-corrected chi connectivity index (χ4v) is 1.22. The minimum Gasteiger partial charge on any atom is -0.468 e. The topological polar surface area (TPSA) is 50.1 Å². The standard InChI is InChI=1S/C11H10FNO2/c1-11(7-13,10(14)15-2)8-3-5-9(12)6-4-8/h3-6H,1-2H3. The molecule has 0 saturated carbocycles. The number of nitriles is 1. The summed E-state index contributed by atoms with van der Waals surface area (Å²) >= 11 is 0. The molecule has 3 nitrogen and oxygen atoms in total. The lowest BCUT2D eigenvalue weighted by Gasteiger charge is -2.18. The van der Waals surface area contributed by atoms with Gasteiger partial charge >= 0.3 is 5.97 Å². The molecular weight excluding hydrogens is 197 g/mol. The Hall–Kier alpha value is -1.89. The van der Waals surface area contributed by atoms with E-state index in [1.165, 1.54) is 38.3 Å². The molecule has 0 aliphatic heterocycles. The molecule has 0 N–H and O–H groups in total. The van der Waals surface area contributed by atoms with Gasteiger partial charge in [0.05, 0.1) is 13.2 Å². The van der Waals surface area contributed by atoms with Crippen molar-refractivity contribution in [1.82, 2.24) is 0 Å². The second-order valence-electron chi connectivity index (χ2n) is 3.24. The van der Waals surface area contributed by atoms with Gasteiger partial charge in [-0.2, -0.15) is 5.26 Å². The lowest BCUT2D eigenvalue weighted by molar-refractivity contribution is -0.144. The Morgan fingerprint density at radius 1 is 1.47 bits per heavy atom. The van der Waals surface area contributed by atoms with Crippen LogP contribution in [0.1, 0.15) is 12.5 Å². The van der Waals surface area contributed by atoms with Crippen molar-refractivity contribution in [2.75, 3.05) is 7.11 Å². The highest BCUT2D eigenvalue weighted by Gasteiger charge is 2.36. The van der Waals surface area contributed by atoms with Gasteiger partial charge in [-0.25, -0.2) is 9.18 Å². The Kier molecular flexibility index (Phi) is 3.05. The number of nitrogens with zero attached hydrogens (tertiary/aromatic N) is 1. The van der Waals surface area contributed by atoms with Crippen molar-refractivity contribution in [1.29, 1.82) is 5.26 Å². The molecule has 1 rings (SSSR count). The predicted octanol–water partition coefficient (Wildman–Crippen LogP) is 1.78. The highest BCUT2D eigenvalue weighted by Crippen LogP contribution is 2.24. The van der Waals surface area contributed by atoms with Crippen molar-refractivity contribution in [3.63, 3.8) is 0 Å². The normalized spacial score (nSPS) is 13.7. The van der Waals surface area contributed by atoms with E-state index in [4.69, 9.17) is 5.26 Å². The Labute approximate surface area is 87.1 Å². The number of ether oxygens (including phenoxy) is 1. The van der Waals surface area contributed by atoms with E-state index in [0.29, 0.717) is 5.56 Å². The molecule has 15 heavy (non-hydrogen) atoms. The van der Waals surface area contributed by atoms with E-state index in [1.54, 1.807) is 0 Å². The summed E-state index contributed by atoms with van der Waals surface area (Å²) in [5.74, 6) is -1.07. The third-order valence-corrected chi connectivity index (χ3v) is 2.24. The molecule has 1 unspecified atom stereocenters. The van der Waals surface area contributed by atoms with Gasteiger partial charge in [0.2, 0.25) is 0 Å². The van der Waals surface area contributed by atoms with Crippen molar-refractivity contribution in [3.8, 4) is 6.07 Å². The van der Waals surface area contributed by atoms with Gasteiger partial charge in [-0.05, 0) is 24.6 Å². The van der Waals surface area contributed by atoms with Crippen molar-refractivity contribution >= 4 is 5.97 Å². The summed E-state index contributed by atoms with van der Waals surface area (Å²) in [6.07, 6.45) is 0.